The molecule has 0 spiro atoms. The predicted octanol–water partition coefficient (Wildman–Crippen LogP) is 4.38. The highest BCUT2D eigenvalue weighted by atomic mass is 79.9. The molecule has 1 aromatic carbocycles. The van der Waals surface area contributed by atoms with Gasteiger partial charge in [-0.25, -0.2) is 18.7 Å². The number of nitrogen functional groups attached to an aromatic ring is 1. The van der Waals surface area contributed by atoms with Gasteiger partial charge in [0, 0.05) is 11.1 Å². The molecule has 0 atom stereocenters. The van der Waals surface area contributed by atoms with Crippen LogP contribution in [-0.4, -0.2) is 9.97 Å². The number of alkyl halides is 2. The first-order valence-corrected chi connectivity index (χ1v) is 7.02. The van der Waals surface area contributed by atoms with Gasteiger partial charge in [0.2, 0.25) is 0 Å². The molecule has 20 heavy (non-hydrogen) atoms. The lowest BCUT2D eigenvalue weighted by Crippen LogP contribution is -2.03. The van der Waals surface area contributed by atoms with Crippen molar-refractivity contribution < 1.29 is 8.78 Å². The lowest BCUT2D eigenvalue weighted by Gasteiger charge is -2.09. The Hall–Kier alpha value is -1.56. The van der Waals surface area contributed by atoms with Crippen LogP contribution >= 0.6 is 15.9 Å². The van der Waals surface area contributed by atoms with Crippen LogP contribution in [0.25, 0.3) is 11.4 Å². The predicted molar refractivity (Wildman–Crippen MR) is 78.5 cm³/mol. The van der Waals surface area contributed by atoms with Crippen molar-refractivity contribution in [2.45, 2.75) is 26.2 Å². The van der Waals surface area contributed by atoms with E-state index in [4.69, 9.17) is 5.73 Å². The summed E-state index contributed by atoms with van der Waals surface area (Å²) in [5, 5.41) is 0. The van der Waals surface area contributed by atoms with E-state index in [2.05, 4.69) is 25.9 Å². The molecule has 2 N–H and O–H groups in total. The van der Waals surface area contributed by atoms with Crippen LogP contribution in [0.4, 0.5) is 14.6 Å². The highest BCUT2D eigenvalue weighted by molar-refractivity contribution is 9.10. The van der Waals surface area contributed by atoms with E-state index < -0.39 is 6.43 Å². The molecule has 6 heteroatoms. The van der Waals surface area contributed by atoms with Crippen molar-refractivity contribution in [3.05, 3.63) is 40.0 Å². The Bertz CT molecular complexity index is 600. The quantitative estimate of drug-likeness (QED) is 0.897. The molecule has 0 amide bonds. The number of hydrogen-bond acceptors (Lipinski definition) is 3. The fourth-order valence-electron chi connectivity index (χ4n) is 1.82. The van der Waals surface area contributed by atoms with E-state index in [0.717, 1.165) is 18.5 Å². The lowest BCUT2D eigenvalue weighted by molar-refractivity contribution is 0.151. The maximum Gasteiger partial charge on any atom is 0.263 e. The van der Waals surface area contributed by atoms with E-state index in [-0.39, 0.29) is 5.56 Å². The van der Waals surface area contributed by atoms with Crippen LogP contribution in [0, 0.1) is 0 Å². The number of aryl methyl sites for hydroxylation is 1. The molecule has 0 radical (unpaired) electrons. The summed E-state index contributed by atoms with van der Waals surface area (Å²) in [7, 11) is 0. The Labute approximate surface area is 124 Å². The number of hydrogen-bond donors (Lipinski definition) is 1. The molecule has 1 aromatic heterocycles. The second-order valence-electron chi connectivity index (χ2n) is 4.37. The summed E-state index contributed by atoms with van der Waals surface area (Å²) in [5.41, 5.74) is 7.33. The first-order chi connectivity index (χ1) is 9.52. The Kier molecular flexibility index (Phi) is 4.65. The van der Waals surface area contributed by atoms with Gasteiger partial charge in [0.1, 0.15) is 5.82 Å². The first-order valence-electron chi connectivity index (χ1n) is 6.23. The minimum Gasteiger partial charge on any atom is -0.383 e. The number of nitrogens with two attached hydrogens (primary N) is 1. The molecule has 1 heterocycles. The van der Waals surface area contributed by atoms with Gasteiger partial charge in [0.05, 0.1) is 10.2 Å². The first kappa shape index (κ1) is 14.8. The van der Waals surface area contributed by atoms with Crippen LogP contribution in [0.3, 0.4) is 0 Å². The van der Waals surface area contributed by atoms with Crippen LogP contribution in [-0.2, 0) is 6.42 Å². The van der Waals surface area contributed by atoms with Crippen LogP contribution in [0.5, 0.6) is 0 Å². The molecule has 0 saturated carbocycles. The summed E-state index contributed by atoms with van der Waals surface area (Å²) >= 11 is 3.37. The number of anilines is 1. The molecule has 0 aliphatic rings. The van der Waals surface area contributed by atoms with Crippen molar-refractivity contribution in [2.75, 3.05) is 5.73 Å². The summed E-state index contributed by atoms with van der Waals surface area (Å²) in [5.74, 6) is 0.811. The fourth-order valence-corrected chi connectivity index (χ4v) is 2.20. The summed E-state index contributed by atoms with van der Waals surface area (Å²) in [6.07, 6.45) is -0.774. The molecule has 106 valence electrons. The zero-order valence-corrected chi connectivity index (χ0v) is 12.5. The SMILES string of the molecule is CCCc1nc(-c2ccc(C(F)F)cc2)nc(N)c1Br. The highest BCUT2D eigenvalue weighted by Crippen LogP contribution is 2.27. The standard InChI is InChI=1S/C14H14BrF2N3/c1-2-3-10-11(15)13(18)20-14(19-10)9-6-4-8(5-7-9)12(16)17/h4-7,12H,2-3H2,1H3,(H2,18,19,20). The minimum atomic E-state index is -2.48. The highest BCUT2D eigenvalue weighted by Gasteiger charge is 2.12. The molecule has 2 aromatic rings. The van der Waals surface area contributed by atoms with Crippen LogP contribution in [0.15, 0.2) is 28.7 Å². The van der Waals surface area contributed by atoms with Gasteiger partial charge in [-0.1, -0.05) is 37.6 Å². The van der Waals surface area contributed by atoms with E-state index in [0.29, 0.717) is 21.7 Å². The smallest absolute Gasteiger partial charge is 0.263 e. The minimum absolute atomic E-state index is 0.0207. The Morgan fingerprint density at radius 1 is 1.20 bits per heavy atom. The van der Waals surface area contributed by atoms with Crippen molar-refractivity contribution in [3.63, 3.8) is 0 Å². The number of nitrogens with zero attached hydrogens (tertiary/aromatic N) is 2. The maximum absolute atomic E-state index is 12.5. The van der Waals surface area contributed by atoms with Gasteiger partial charge in [-0.05, 0) is 22.4 Å². The van der Waals surface area contributed by atoms with Crippen LogP contribution in [0.1, 0.15) is 31.0 Å². The van der Waals surface area contributed by atoms with Gasteiger partial charge in [0.25, 0.3) is 6.43 Å². The zero-order chi connectivity index (χ0) is 14.7. The van der Waals surface area contributed by atoms with Gasteiger partial charge >= 0.3 is 0 Å². The molecular weight excluding hydrogens is 328 g/mol. The van der Waals surface area contributed by atoms with Crippen molar-refractivity contribution in [2.24, 2.45) is 0 Å². The van der Waals surface area contributed by atoms with Gasteiger partial charge in [-0.15, -0.1) is 0 Å². The Morgan fingerprint density at radius 2 is 1.85 bits per heavy atom. The summed E-state index contributed by atoms with van der Waals surface area (Å²) in [6.45, 7) is 2.04. The summed E-state index contributed by atoms with van der Waals surface area (Å²) < 4.78 is 25.8. The molecule has 0 saturated heterocycles. The molecule has 0 aliphatic carbocycles. The molecule has 0 fully saturated rings. The van der Waals surface area contributed by atoms with Crippen molar-refractivity contribution >= 4 is 21.7 Å². The largest absolute Gasteiger partial charge is 0.383 e. The number of rotatable bonds is 4. The zero-order valence-electron chi connectivity index (χ0n) is 10.9. The average Bonchev–Trinajstić information content (AvgIpc) is 2.44. The fraction of sp³-hybridized carbons (Fsp3) is 0.286. The van der Waals surface area contributed by atoms with E-state index >= 15 is 0 Å². The number of benzene rings is 1. The molecule has 0 aliphatic heterocycles. The monoisotopic (exact) mass is 341 g/mol. The normalized spacial score (nSPS) is 11.1. The number of aromatic nitrogens is 2. The second-order valence-corrected chi connectivity index (χ2v) is 5.16. The van der Waals surface area contributed by atoms with Gasteiger partial charge in [-0.2, -0.15) is 0 Å². The van der Waals surface area contributed by atoms with Crippen molar-refractivity contribution in [3.8, 4) is 11.4 Å². The van der Waals surface area contributed by atoms with Crippen molar-refractivity contribution in [1.82, 2.24) is 9.97 Å². The Balaban J connectivity index is 2.41. The summed E-state index contributed by atoms with van der Waals surface area (Å²) in [4.78, 5) is 8.63. The van der Waals surface area contributed by atoms with E-state index in [1.165, 1.54) is 12.1 Å². The molecule has 2 rings (SSSR count). The third-order valence-electron chi connectivity index (χ3n) is 2.85. The van der Waals surface area contributed by atoms with E-state index in [9.17, 15) is 8.78 Å². The third kappa shape index (κ3) is 3.12. The lowest BCUT2D eigenvalue weighted by atomic mass is 10.1. The van der Waals surface area contributed by atoms with Crippen LogP contribution < -0.4 is 5.73 Å². The second kappa shape index (κ2) is 6.26. The van der Waals surface area contributed by atoms with E-state index in [1.807, 2.05) is 6.92 Å². The number of halogens is 3. The molecule has 0 unspecified atom stereocenters. The third-order valence-corrected chi connectivity index (χ3v) is 3.72. The molecular formula is C14H14BrF2N3. The Morgan fingerprint density at radius 3 is 2.40 bits per heavy atom. The van der Waals surface area contributed by atoms with Crippen LogP contribution in [0.2, 0.25) is 0 Å². The average molecular weight is 342 g/mol. The van der Waals surface area contributed by atoms with Crippen molar-refractivity contribution in [1.29, 1.82) is 0 Å². The van der Waals surface area contributed by atoms with Gasteiger partial charge in [0.15, 0.2) is 5.82 Å². The van der Waals surface area contributed by atoms with E-state index in [1.54, 1.807) is 12.1 Å². The van der Waals surface area contributed by atoms with Gasteiger partial charge < -0.3 is 5.73 Å². The maximum atomic E-state index is 12.5. The van der Waals surface area contributed by atoms with Gasteiger partial charge in [-0.3, -0.25) is 0 Å². The summed E-state index contributed by atoms with van der Waals surface area (Å²) in [6, 6.07) is 5.92. The topological polar surface area (TPSA) is 51.8 Å². The molecule has 3 nitrogen and oxygen atoms in total. The molecule has 0 bridgehead atoms.